The molecule has 0 aliphatic heterocycles. The van der Waals surface area contributed by atoms with Gasteiger partial charge in [0, 0.05) is 85.3 Å². The lowest BCUT2D eigenvalue weighted by Gasteiger charge is -1.61. The topological polar surface area (TPSA) is 118 Å². The molecule has 36 heavy (non-hydrogen) atoms. The van der Waals surface area contributed by atoms with E-state index in [1.54, 1.807) is 56.9 Å². The van der Waals surface area contributed by atoms with Gasteiger partial charge in [0.25, 0.3) is 0 Å². The summed E-state index contributed by atoms with van der Waals surface area (Å²) in [5.41, 5.74) is 0. The molecule has 4 N–H and O–H groups in total. The van der Waals surface area contributed by atoms with Crippen molar-refractivity contribution in [2.24, 2.45) is 0 Å². The predicted molar refractivity (Wildman–Crippen MR) is 175 cm³/mol. The van der Waals surface area contributed by atoms with Crippen LogP contribution >= 0.6 is 0 Å². The van der Waals surface area contributed by atoms with Gasteiger partial charge in [-0.2, -0.15) is 0 Å². The Balaban J connectivity index is -0.00000000851. The fourth-order valence-electron chi connectivity index (χ4n) is 0. The van der Waals surface area contributed by atoms with Crippen molar-refractivity contribution < 1.29 is 39.4 Å². The van der Waals surface area contributed by atoms with E-state index < -0.39 is 0 Å². The Morgan fingerprint density at radius 3 is 0.194 bits per heavy atom. The van der Waals surface area contributed by atoms with E-state index in [-0.39, 0.29) is 0 Å². The summed E-state index contributed by atoms with van der Waals surface area (Å²) >= 11 is 0. The monoisotopic (exact) mass is 553 g/mol. The molecule has 0 heterocycles. The van der Waals surface area contributed by atoms with E-state index in [0.29, 0.717) is 0 Å². The van der Waals surface area contributed by atoms with Crippen LogP contribution in [0.25, 0.3) is 0 Å². The van der Waals surface area contributed by atoms with Crippen LogP contribution in [-0.4, -0.2) is 106 Å². The van der Waals surface area contributed by atoms with Crippen molar-refractivity contribution in [1.82, 2.24) is 0 Å². The second-order valence-electron chi connectivity index (χ2n) is 1.63. The first-order chi connectivity index (χ1) is 17.7. The molecule has 0 aliphatic carbocycles. The van der Waals surface area contributed by atoms with Crippen molar-refractivity contribution in [2.75, 3.05) is 85.3 Å². The summed E-state index contributed by atoms with van der Waals surface area (Å²) in [5.74, 6) is 0. The Hall–Kier alpha value is -0.320. The van der Waals surface area contributed by atoms with E-state index in [9.17, 15) is 0 Å². The fourth-order valence-corrected chi connectivity index (χ4v) is 0. The Labute approximate surface area is 235 Å². The van der Waals surface area contributed by atoms with Gasteiger partial charge < -0.3 is 39.4 Å². The zero-order valence-electron chi connectivity index (χ0n) is 31.4. The van der Waals surface area contributed by atoms with Crippen LogP contribution in [-0.2, 0) is 18.9 Å². The van der Waals surface area contributed by atoms with Gasteiger partial charge >= 0.3 is 0 Å². The van der Waals surface area contributed by atoms with Gasteiger partial charge in [0.2, 0.25) is 0 Å². The SMILES string of the molecule is CC.CC.CC.CC.CC.CC.CC.CC.CO.CO.CO.CO.COC.COC.COC.COC. The Morgan fingerprint density at radius 2 is 0.194 bits per heavy atom. The first-order valence-corrected chi connectivity index (χ1v) is 13.1. The average Bonchev–Trinajstić information content (AvgIpc) is 3.03. The average molecular weight is 553 g/mol. The van der Waals surface area contributed by atoms with Gasteiger partial charge in [0.1, 0.15) is 0 Å². The normalized spacial score (nSPS) is 4.00. The number of hydrogen-bond donors (Lipinski definition) is 4. The summed E-state index contributed by atoms with van der Waals surface area (Å²) in [7, 11) is 17.0. The minimum absolute atomic E-state index is 1.00. The van der Waals surface area contributed by atoms with Gasteiger partial charge in [0.05, 0.1) is 0 Å². The maximum absolute atomic E-state index is 7.00. The second-order valence-corrected chi connectivity index (χ2v) is 1.63. The number of ether oxygens (including phenoxy) is 4. The van der Waals surface area contributed by atoms with Crippen molar-refractivity contribution in [3.05, 3.63) is 0 Å². The Kier molecular flexibility index (Phi) is 8940. The molecule has 0 aromatic carbocycles. The van der Waals surface area contributed by atoms with E-state index in [2.05, 4.69) is 18.9 Å². The smallest absolute Gasteiger partial charge is 0.0351 e. The molecule has 0 aromatic rings. The van der Waals surface area contributed by atoms with Crippen LogP contribution in [0, 0.1) is 0 Å². The van der Waals surface area contributed by atoms with Crippen molar-refractivity contribution in [3.63, 3.8) is 0 Å². The largest absolute Gasteiger partial charge is 0.400 e. The van der Waals surface area contributed by atoms with E-state index >= 15 is 0 Å². The van der Waals surface area contributed by atoms with Crippen molar-refractivity contribution >= 4 is 0 Å². The highest BCUT2D eigenvalue weighted by atomic mass is 16.5. The number of rotatable bonds is 0. The van der Waals surface area contributed by atoms with Crippen LogP contribution in [0.15, 0.2) is 0 Å². The first kappa shape index (κ1) is 111. The van der Waals surface area contributed by atoms with E-state index in [1.165, 1.54) is 0 Å². The molecule has 0 bridgehead atoms. The Morgan fingerprint density at radius 1 is 0.194 bits per heavy atom. The van der Waals surface area contributed by atoms with E-state index in [4.69, 9.17) is 20.4 Å². The number of aliphatic hydroxyl groups excluding tert-OH is 4. The van der Waals surface area contributed by atoms with Gasteiger partial charge in [-0.3, -0.25) is 0 Å². The first-order valence-electron chi connectivity index (χ1n) is 13.1. The maximum Gasteiger partial charge on any atom is 0.0351 e. The summed E-state index contributed by atoms with van der Waals surface area (Å²) in [5, 5.41) is 28.0. The lowest BCUT2D eigenvalue weighted by molar-refractivity contribution is 0.277. The summed E-state index contributed by atoms with van der Waals surface area (Å²) in [6.07, 6.45) is 0. The highest BCUT2D eigenvalue weighted by Crippen LogP contribution is 1.29. The Bertz CT molecular complexity index is 35.5. The molecule has 0 saturated carbocycles. The number of aliphatic hydroxyl groups is 4. The molecule has 0 saturated heterocycles. The summed E-state index contributed by atoms with van der Waals surface area (Å²) in [4.78, 5) is 0. The molecule has 8 heteroatoms. The van der Waals surface area contributed by atoms with Crippen LogP contribution in [0.2, 0.25) is 0 Å². The number of hydrogen-bond acceptors (Lipinski definition) is 8. The molecule has 0 radical (unpaired) electrons. The zero-order valence-corrected chi connectivity index (χ0v) is 31.4. The van der Waals surface area contributed by atoms with Gasteiger partial charge in [-0.25, -0.2) is 0 Å². The van der Waals surface area contributed by atoms with E-state index in [1.807, 2.05) is 111 Å². The molecule has 0 aromatic heterocycles. The third kappa shape index (κ3) is 351000. The maximum atomic E-state index is 7.00. The molecular formula is C28H88O8. The highest BCUT2D eigenvalue weighted by Gasteiger charge is 1.26. The molecule has 0 atom stereocenters. The standard InChI is InChI=1S/4C2H6O.8C2H6.4CH4O/c4*1-3-2;12*1-2/h4*1-2H3;8*1-2H3;4*2H,1H3. The van der Waals surface area contributed by atoms with Crippen LogP contribution < -0.4 is 0 Å². The van der Waals surface area contributed by atoms with E-state index in [0.717, 1.165) is 28.4 Å². The van der Waals surface area contributed by atoms with Crippen LogP contribution in [0.3, 0.4) is 0 Å². The molecule has 0 unspecified atom stereocenters. The van der Waals surface area contributed by atoms with Gasteiger partial charge in [-0.1, -0.05) is 111 Å². The summed E-state index contributed by atoms with van der Waals surface area (Å²) < 4.78 is 17.0. The zero-order chi connectivity index (χ0) is 34.8. The highest BCUT2D eigenvalue weighted by molar-refractivity contribution is 3.57. The lowest BCUT2D eigenvalue weighted by Crippen LogP contribution is -1.55. The molecule has 0 rings (SSSR count). The minimum Gasteiger partial charge on any atom is -0.400 e. The summed E-state index contributed by atoms with van der Waals surface area (Å²) in [6, 6.07) is 0. The second kappa shape index (κ2) is 2900. The molecule has 248 valence electrons. The predicted octanol–water partition coefficient (Wildman–Crippen LogP) is 7.69. The van der Waals surface area contributed by atoms with Crippen molar-refractivity contribution in [3.8, 4) is 0 Å². The minimum atomic E-state index is 1.00. The van der Waals surface area contributed by atoms with Gasteiger partial charge in [0.15, 0.2) is 0 Å². The van der Waals surface area contributed by atoms with Crippen molar-refractivity contribution in [1.29, 1.82) is 0 Å². The third-order valence-electron chi connectivity index (χ3n) is 0. The van der Waals surface area contributed by atoms with Gasteiger partial charge in [-0.15, -0.1) is 0 Å². The van der Waals surface area contributed by atoms with Gasteiger partial charge in [-0.05, 0) is 0 Å². The quantitative estimate of drug-likeness (QED) is 0.241. The molecule has 0 fully saturated rings. The molecule has 0 spiro atoms. The van der Waals surface area contributed by atoms with Crippen LogP contribution in [0.1, 0.15) is 111 Å². The molecule has 0 aliphatic rings. The van der Waals surface area contributed by atoms with Crippen LogP contribution in [0.4, 0.5) is 0 Å². The third-order valence-corrected chi connectivity index (χ3v) is 0. The summed E-state index contributed by atoms with van der Waals surface area (Å²) in [6.45, 7) is 32.0. The molecule has 8 nitrogen and oxygen atoms in total. The fraction of sp³-hybridized carbons (Fsp3) is 1.00. The van der Waals surface area contributed by atoms with Crippen LogP contribution in [0.5, 0.6) is 0 Å². The molecular weight excluding hydrogens is 464 g/mol. The lowest BCUT2D eigenvalue weighted by atomic mass is 11.0. The van der Waals surface area contributed by atoms with Crippen molar-refractivity contribution in [2.45, 2.75) is 111 Å². The number of methoxy groups -OCH3 is 4. The molecule has 0 amide bonds.